The summed E-state index contributed by atoms with van der Waals surface area (Å²) in [6.45, 7) is 7.91. The molecule has 4 rings (SSSR count). The average Bonchev–Trinajstić information content (AvgIpc) is 3.14. The molecule has 1 saturated heterocycles. The van der Waals surface area contributed by atoms with Gasteiger partial charge in [0.05, 0.1) is 34.5 Å². The van der Waals surface area contributed by atoms with Gasteiger partial charge in [-0.3, -0.25) is 4.90 Å². The Balaban J connectivity index is 1.00. The second-order valence-corrected chi connectivity index (χ2v) is 14.3. The first-order chi connectivity index (χ1) is 25.0. The molecule has 1 aliphatic heterocycles. The molecule has 2 heterocycles. The van der Waals surface area contributed by atoms with E-state index in [0.29, 0.717) is 29.1 Å². The number of fused-ring (bicyclic) bond motifs is 1. The maximum Gasteiger partial charge on any atom is 0.511 e. The molecule has 0 radical (unpaired) electrons. The third kappa shape index (κ3) is 15.7. The number of benzene rings is 2. The molecule has 0 unspecified atom stereocenters. The van der Waals surface area contributed by atoms with Gasteiger partial charge in [0.1, 0.15) is 5.75 Å². The van der Waals surface area contributed by atoms with Crippen LogP contribution in [-0.4, -0.2) is 68.8 Å². The van der Waals surface area contributed by atoms with Gasteiger partial charge in [0.15, 0.2) is 0 Å². The summed E-state index contributed by atoms with van der Waals surface area (Å²) in [5, 5.41) is 2.21. The van der Waals surface area contributed by atoms with E-state index in [2.05, 4.69) is 21.7 Å². The number of aromatic nitrogens is 1. The lowest BCUT2D eigenvalue weighted by molar-refractivity contribution is 0.00267. The average molecular weight is 745 g/mol. The summed E-state index contributed by atoms with van der Waals surface area (Å²) in [5.41, 5.74) is 1.77. The van der Waals surface area contributed by atoms with Gasteiger partial charge >= 0.3 is 6.16 Å². The zero-order valence-electron chi connectivity index (χ0n) is 30.7. The van der Waals surface area contributed by atoms with Crippen molar-refractivity contribution in [2.24, 2.45) is 0 Å². The number of halogens is 2. The van der Waals surface area contributed by atoms with Crippen LogP contribution in [0.3, 0.4) is 0 Å². The van der Waals surface area contributed by atoms with Crippen LogP contribution in [0.5, 0.6) is 11.6 Å². The van der Waals surface area contributed by atoms with Crippen molar-refractivity contribution in [2.75, 3.05) is 57.6 Å². The first-order valence-electron chi connectivity index (χ1n) is 19.4. The molecule has 0 amide bonds. The van der Waals surface area contributed by atoms with Gasteiger partial charge in [-0.1, -0.05) is 120 Å². The van der Waals surface area contributed by atoms with Crippen LogP contribution in [-0.2, 0) is 9.47 Å². The topological polar surface area (TPSA) is 73.4 Å². The van der Waals surface area contributed by atoms with Gasteiger partial charge in [-0.15, -0.1) is 0 Å². The maximum atomic E-state index is 12.0. The Labute approximate surface area is 316 Å². The molecule has 282 valence electrons. The minimum absolute atomic E-state index is 0.254. The molecule has 1 fully saturated rings. The Hall–Kier alpha value is -2.94. The number of pyridine rings is 1. The number of carbonyl (C=O) groups is 1. The van der Waals surface area contributed by atoms with E-state index in [1.54, 1.807) is 6.07 Å². The van der Waals surface area contributed by atoms with Gasteiger partial charge in [0.2, 0.25) is 12.7 Å². The zero-order chi connectivity index (χ0) is 35.9. The summed E-state index contributed by atoms with van der Waals surface area (Å²) in [7, 11) is 0. The van der Waals surface area contributed by atoms with E-state index in [1.165, 1.54) is 77.0 Å². The number of nitrogens with zero attached hydrogens (tertiary/aromatic N) is 3. The summed E-state index contributed by atoms with van der Waals surface area (Å²) in [6, 6.07) is 15.4. The van der Waals surface area contributed by atoms with Crippen molar-refractivity contribution < 1.29 is 23.7 Å². The number of piperazine rings is 1. The van der Waals surface area contributed by atoms with Gasteiger partial charge in [-0.05, 0) is 56.1 Å². The highest BCUT2D eigenvalue weighted by molar-refractivity contribution is 6.43. The Morgan fingerprint density at radius 3 is 2.06 bits per heavy atom. The molecule has 8 nitrogen and oxygen atoms in total. The number of rotatable bonds is 25. The van der Waals surface area contributed by atoms with Gasteiger partial charge < -0.3 is 23.8 Å². The molecule has 2 aromatic carbocycles. The second kappa shape index (κ2) is 24.3. The first-order valence-corrected chi connectivity index (χ1v) is 20.2. The normalized spacial score (nSPS) is 13.4. The van der Waals surface area contributed by atoms with Crippen molar-refractivity contribution in [3.63, 3.8) is 0 Å². The fourth-order valence-corrected chi connectivity index (χ4v) is 6.87. The number of ether oxygens (including phenoxy) is 4. The van der Waals surface area contributed by atoms with Crippen LogP contribution in [0.15, 0.2) is 48.5 Å². The van der Waals surface area contributed by atoms with E-state index >= 15 is 0 Å². The number of hydrogen-bond donors (Lipinski definition) is 0. The smallest absolute Gasteiger partial charge is 0.494 e. The van der Waals surface area contributed by atoms with Crippen molar-refractivity contribution in [2.45, 2.75) is 110 Å². The molecule has 0 N–H and O–H groups in total. The fraction of sp³-hybridized carbons (Fsp3) is 0.610. The molecule has 0 bridgehead atoms. The largest absolute Gasteiger partial charge is 0.511 e. The predicted molar refractivity (Wildman–Crippen MR) is 210 cm³/mol. The lowest BCUT2D eigenvalue weighted by Crippen LogP contribution is -2.46. The van der Waals surface area contributed by atoms with Gasteiger partial charge in [0.25, 0.3) is 0 Å². The highest BCUT2D eigenvalue weighted by Crippen LogP contribution is 2.33. The minimum Gasteiger partial charge on any atom is -0.494 e. The van der Waals surface area contributed by atoms with Gasteiger partial charge in [-0.25, -0.2) is 9.78 Å². The van der Waals surface area contributed by atoms with Crippen molar-refractivity contribution in [3.05, 3.63) is 58.6 Å². The number of hydrogen-bond acceptors (Lipinski definition) is 8. The zero-order valence-corrected chi connectivity index (χ0v) is 32.2. The van der Waals surface area contributed by atoms with E-state index in [4.69, 9.17) is 42.1 Å². The summed E-state index contributed by atoms with van der Waals surface area (Å²) < 4.78 is 21.9. The Bertz CT molecular complexity index is 1420. The lowest BCUT2D eigenvalue weighted by Gasteiger charge is -2.36. The minimum atomic E-state index is -0.717. The van der Waals surface area contributed by atoms with Crippen molar-refractivity contribution >= 4 is 45.9 Å². The quantitative estimate of drug-likeness (QED) is 0.0482. The van der Waals surface area contributed by atoms with E-state index in [1.807, 2.05) is 42.5 Å². The Morgan fingerprint density at radius 1 is 0.706 bits per heavy atom. The van der Waals surface area contributed by atoms with E-state index in [9.17, 15) is 4.79 Å². The fourth-order valence-electron chi connectivity index (χ4n) is 6.46. The SMILES string of the molecule is CCCCCCCCCCCCCCCCOC(=O)OCOc1ccc2ccc(OCCCCN3CCN(c4cccc(Cl)c4Cl)CC3)cc2n1. The third-order valence-corrected chi connectivity index (χ3v) is 10.3. The highest BCUT2D eigenvalue weighted by atomic mass is 35.5. The van der Waals surface area contributed by atoms with E-state index in [-0.39, 0.29) is 6.79 Å². The summed E-state index contributed by atoms with van der Waals surface area (Å²) in [4.78, 5) is 21.3. The molecular formula is C41H59Cl2N3O5. The van der Waals surface area contributed by atoms with Crippen LogP contribution >= 0.6 is 23.2 Å². The van der Waals surface area contributed by atoms with Crippen LogP contribution in [0.2, 0.25) is 10.0 Å². The summed E-state index contributed by atoms with van der Waals surface area (Å²) in [5.74, 6) is 1.14. The molecule has 1 aliphatic rings. The molecule has 0 aliphatic carbocycles. The Kier molecular flexibility index (Phi) is 19.5. The molecule has 0 atom stereocenters. The van der Waals surface area contributed by atoms with Crippen LogP contribution in [0.4, 0.5) is 10.5 Å². The van der Waals surface area contributed by atoms with E-state index in [0.717, 1.165) is 80.7 Å². The van der Waals surface area contributed by atoms with Crippen LogP contribution < -0.4 is 14.4 Å². The van der Waals surface area contributed by atoms with Crippen LogP contribution in [0, 0.1) is 0 Å². The van der Waals surface area contributed by atoms with Crippen molar-refractivity contribution in [3.8, 4) is 11.6 Å². The van der Waals surface area contributed by atoms with Crippen LogP contribution in [0.1, 0.15) is 110 Å². The summed E-state index contributed by atoms with van der Waals surface area (Å²) in [6.07, 6.45) is 19.3. The van der Waals surface area contributed by atoms with Crippen LogP contribution in [0.25, 0.3) is 10.9 Å². The number of anilines is 1. The summed E-state index contributed by atoms with van der Waals surface area (Å²) >= 11 is 12.6. The maximum absolute atomic E-state index is 12.0. The molecule has 0 saturated carbocycles. The molecular weight excluding hydrogens is 685 g/mol. The molecule has 1 aromatic heterocycles. The number of unbranched alkanes of at least 4 members (excludes halogenated alkanes) is 14. The van der Waals surface area contributed by atoms with Crippen molar-refractivity contribution in [1.29, 1.82) is 0 Å². The van der Waals surface area contributed by atoms with E-state index < -0.39 is 6.16 Å². The van der Waals surface area contributed by atoms with Crippen molar-refractivity contribution in [1.82, 2.24) is 9.88 Å². The highest BCUT2D eigenvalue weighted by Gasteiger charge is 2.19. The standard InChI is InChI=1S/C41H59Cl2N3O5/c1-2-3-4-5-6-7-8-9-10-11-12-13-14-16-31-49-41(47)51-33-50-39-24-22-34-21-23-35(32-37(34)44-39)48-30-17-15-25-45-26-28-46(29-27-45)38-20-18-19-36(42)40(38)43/h18-24,32H,2-17,25-31,33H2,1H3. The molecule has 0 spiro atoms. The molecule has 3 aromatic rings. The number of carbonyl (C=O) groups excluding carboxylic acids is 1. The van der Waals surface area contributed by atoms with Gasteiger partial charge in [0, 0.05) is 43.7 Å². The monoisotopic (exact) mass is 743 g/mol. The van der Waals surface area contributed by atoms with Gasteiger partial charge in [-0.2, -0.15) is 0 Å². The third-order valence-electron chi connectivity index (χ3n) is 9.52. The first kappa shape index (κ1) is 40.8. The lowest BCUT2D eigenvalue weighted by atomic mass is 10.0. The molecule has 10 heteroatoms. The Morgan fingerprint density at radius 2 is 1.35 bits per heavy atom. The molecule has 51 heavy (non-hydrogen) atoms. The second-order valence-electron chi connectivity index (χ2n) is 13.6. The predicted octanol–water partition coefficient (Wildman–Crippen LogP) is 11.5.